The Morgan fingerprint density at radius 3 is 2.05 bits per heavy atom. The zero-order chi connectivity index (χ0) is 14.0. The number of hydrogen-bond acceptors (Lipinski definition) is 2. The summed E-state index contributed by atoms with van der Waals surface area (Å²) in [6.07, 6.45) is 0. The zero-order valence-corrected chi connectivity index (χ0v) is 9.58. The number of carbonyl (C=O) groups is 1. The van der Waals surface area contributed by atoms with E-state index in [1.54, 1.807) is 0 Å². The van der Waals surface area contributed by atoms with Gasteiger partial charge in [-0.25, -0.2) is 13.2 Å². The highest BCUT2D eigenvalue weighted by atomic mass is 19.1. The minimum Gasteiger partial charge on any atom is -0.399 e. The molecule has 0 aliphatic carbocycles. The molecule has 0 spiro atoms. The van der Waals surface area contributed by atoms with Crippen molar-refractivity contribution in [3.63, 3.8) is 0 Å². The fourth-order valence-electron chi connectivity index (χ4n) is 1.57. The Bertz CT molecular complexity index is 603. The molecule has 1 amide bonds. The molecule has 0 bridgehead atoms. The highest BCUT2D eigenvalue weighted by Gasteiger charge is 2.10. The molecule has 2 rings (SSSR count). The van der Waals surface area contributed by atoms with Crippen LogP contribution in [0.5, 0.6) is 0 Å². The van der Waals surface area contributed by atoms with Crippen LogP contribution in [0.2, 0.25) is 0 Å². The van der Waals surface area contributed by atoms with E-state index in [2.05, 4.69) is 5.32 Å². The molecular weight excluding hydrogens is 257 g/mol. The first-order valence-electron chi connectivity index (χ1n) is 5.27. The van der Waals surface area contributed by atoms with Gasteiger partial charge >= 0.3 is 0 Å². The van der Waals surface area contributed by atoms with Gasteiger partial charge < -0.3 is 11.1 Å². The van der Waals surface area contributed by atoms with Gasteiger partial charge in [-0.2, -0.15) is 0 Å². The summed E-state index contributed by atoms with van der Waals surface area (Å²) in [5.74, 6) is -3.13. The molecule has 0 unspecified atom stereocenters. The number of nitrogens with one attached hydrogen (secondary N) is 1. The lowest BCUT2D eigenvalue weighted by Crippen LogP contribution is -2.13. The maximum absolute atomic E-state index is 13.1. The molecule has 6 heteroatoms. The average Bonchev–Trinajstić information content (AvgIpc) is 2.25. The Balaban J connectivity index is 2.25. The molecule has 0 fully saturated rings. The summed E-state index contributed by atoms with van der Waals surface area (Å²) in [6, 6.07) is 5.86. The lowest BCUT2D eigenvalue weighted by atomic mass is 10.2. The normalized spacial score (nSPS) is 10.3. The standard InChI is InChI=1S/C13H9F3N2O/c14-8-1-7(2-9(15)3-8)13(19)18-12-5-10(16)4-11(17)6-12/h1-6H,17H2,(H,18,19). The van der Waals surface area contributed by atoms with Gasteiger partial charge in [-0.05, 0) is 30.3 Å². The molecule has 0 saturated carbocycles. The smallest absolute Gasteiger partial charge is 0.255 e. The van der Waals surface area contributed by atoms with Crippen LogP contribution >= 0.6 is 0 Å². The maximum Gasteiger partial charge on any atom is 0.255 e. The summed E-state index contributed by atoms with van der Waals surface area (Å²) in [4.78, 5) is 11.7. The summed E-state index contributed by atoms with van der Waals surface area (Å²) >= 11 is 0. The van der Waals surface area contributed by atoms with E-state index in [1.807, 2.05) is 0 Å². The number of nitrogen functional groups attached to an aromatic ring is 1. The van der Waals surface area contributed by atoms with Gasteiger partial charge in [-0.3, -0.25) is 4.79 Å². The van der Waals surface area contributed by atoms with Crippen molar-refractivity contribution in [1.29, 1.82) is 0 Å². The molecule has 0 aromatic heterocycles. The van der Waals surface area contributed by atoms with Crippen molar-refractivity contribution in [2.24, 2.45) is 0 Å². The lowest BCUT2D eigenvalue weighted by molar-refractivity contribution is 0.102. The topological polar surface area (TPSA) is 55.1 Å². The van der Waals surface area contributed by atoms with Crippen LogP contribution in [0.15, 0.2) is 36.4 Å². The van der Waals surface area contributed by atoms with Gasteiger partial charge in [0.1, 0.15) is 17.5 Å². The Morgan fingerprint density at radius 1 is 0.895 bits per heavy atom. The van der Waals surface area contributed by atoms with Crippen molar-refractivity contribution < 1.29 is 18.0 Å². The van der Waals surface area contributed by atoms with Crippen LogP contribution in [0.1, 0.15) is 10.4 Å². The molecule has 0 atom stereocenters. The van der Waals surface area contributed by atoms with Gasteiger partial charge in [0.15, 0.2) is 0 Å². The largest absolute Gasteiger partial charge is 0.399 e. The third-order valence-electron chi connectivity index (χ3n) is 2.30. The number of anilines is 2. The van der Waals surface area contributed by atoms with E-state index < -0.39 is 23.4 Å². The number of nitrogens with two attached hydrogens (primary N) is 1. The second kappa shape index (κ2) is 5.01. The summed E-state index contributed by atoms with van der Waals surface area (Å²) in [6.45, 7) is 0. The van der Waals surface area contributed by atoms with Crippen molar-refractivity contribution in [3.05, 3.63) is 59.4 Å². The third kappa shape index (κ3) is 3.25. The summed E-state index contributed by atoms with van der Waals surface area (Å²) in [7, 11) is 0. The van der Waals surface area contributed by atoms with Crippen LogP contribution in [0.3, 0.4) is 0 Å². The minimum atomic E-state index is -0.871. The molecule has 2 aromatic rings. The van der Waals surface area contributed by atoms with Gasteiger partial charge in [0.05, 0.1) is 0 Å². The van der Waals surface area contributed by atoms with Crippen LogP contribution in [0.4, 0.5) is 24.5 Å². The van der Waals surface area contributed by atoms with Crippen molar-refractivity contribution in [2.45, 2.75) is 0 Å². The van der Waals surface area contributed by atoms with Gasteiger partial charge in [-0.1, -0.05) is 0 Å². The molecule has 0 aliphatic rings. The molecule has 3 nitrogen and oxygen atoms in total. The molecular formula is C13H9F3N2O. The van der Waals surface area contributed by atoms with Crippen molar-refractivity contribution in [1.82, 2.24) is 0 Å². The monoisotopic (exact) mass is 266 g/mol. The summed E-state index contributed by atoms with van der Waals surface area (Å²) < 4.78 is 39.0. The second-order valence-corrected chi connectivity index (χ2v) is 3.89. The highest BCUT2D eigenvalue weighted by molar-refractivity contribution is 6.04. The fraction of sp³-hybridized carbons (Fsp3) is 0. The molecule has 0 saturated heterocycles. The predicted molar refractivity (Wildman–Crippen MR) is 65.1 cm³/mol. The number of amides is 1. The van der Waals surface area contributed by atoms with Crippen molar-refractivity contribution in [3.8, 4) is 0 Å². The van der Waals surface area contributed by atoms with E-state index in [0.29, 0.717) is 6.07 Å². The third-order valence-corrected chi connectivity index (χ3v) is 2.30. The number of rotatable bonds is 2. The van der Waals surface area contributed by atoms with E-state index in [1.165, 1.54) is 6.07 Å². The quantitative estimate of drug-likeness (QED) is 0.821. The van der Waals surface area contributed by atoms with Crippen molar-refractivity contribution in [2.75, 3.05) is 11.1 Å². The lowest BCUT2D eigenvalue weighted by Gasteiger charge is -2.06. The molecule has 19 heavy (non-hydrogen) atoms. The summed E-state index contributed by atoms with van der Waals surface area (Å²) in [5, 5.41) is 2.30. The number of benzene rings is 2. The van der Waals surface area contributed by atoms with E-state index in [4.69, 9.17) is 5.73 Å². The molecule has 0 aliphatic heterocycles. The number of halogens is 3. The Hall–Kier alpha value is -2.50. The van der Waals surface area contributed by atoms with E-state index >= 15 is 0 Å². The van der Waals surface area contributed by atoms with Gasteiger partial charge in [-0.15, -0.1) is 0 Å². The number of hydrogen-bond donors (Lipinski definition) is 2. The van der Waals surface area contributed by atoms with Gasteiger partial charge in [0.25, 0.3) is 5.91 Å². The average molecular weight is 266 g/mol. The molecule has 0 heterocycles. The fourth-order valence-corrected chi connectivity index (χ4v) is 1.57. The Labute approximate surface area is 106 Å². The second-order valence-electron chi connectivity index (χ2n) is 3.89. The zero-order valence-electron chi connectivity index (χ0n) is 9.58. The first kappa shape index (κ1) is 12.9. The molecule has 2 aromatic carbocycles. The molecule has 98 valence electrons. The summed E-state index contributed by atoms with van der Waals surface area (Å²) in [5.41, 5.74) is 5.43. The first-order chi connectivity index (χ1) is 8.94. The highest BCUT2D eigenvalue weighted by Crippen LogP contribution is 2.17. The van der Waals surface area contributed by atoms with Crippen LogP contribution in [0.25, 0.3) is 0 Å². The number of carbonyl (C=O) groups excluding carboxylic acids is 1. The SMILES string of the molecule is Nc1cc(F)cc(NC(=O)c2cc(F)cc(F)c2)c1. The Kier molecular flexibility index (Phi) is 3.41. The maximum atomic E-state index is 13.1. The predicted octanol–water partition coefficient (Wildman–Crippen LogP) is 2.94. The van der Waals surface area contributed by atoms with E-state index in [9.17, 15) is 18.0 Å². The van der Waals surface area contributed by atoms with Crippen LogP contribution < -0.4 is 11.1 Å². The van der Waals surface area contributed by atoms with Gasteiger partial charge in [0, 0.05) is 23.0 Å². The van der Waals surface area contributed by atoms with Crippen LogP contribution in [-0.4, -0.2) is 5.91 Å². The van der Waals surface area contributed by atoms with Gasteiger partial charge in [0.2, 0.25) is 0 Å². The first-order valence-corrected chi connectivity index (χ1v) is 5.27. The van der Waals surface area contributed by atoms with E-state index in [-0.39, 0.29) is 16.9 Å². The van der Waals surface area contributed by atoms with E-state index in [0.717, 1.165) is 24.3 Å². The molecule has 0 radical (unpaired) electrons. The van der Waals surface area contributed by atoms with Crippen LogP contribution in [-0.2, 0) is 0 Å². The molecule has 3 N–H and O–H groups in total. The minimum absolute atomic E-state index is 0.104. The van der Waals surface area contributed by atoms with Crippen molar-refractivity contribution >= 4 is 17.3 Å². The Morgan fingerprint density at radius 2 is 1.47 bits per heavy atom. The van der Waals surface area contributed by atoms with Crippen LogP contribution in [0, 0.1) is 17.5 Å².